The fourth-order valence-electron chi connectivity index (χ4n) is 2.45. The van der Waals surface area contributed by atoms with Crippen LogP contribution in [-0.4, -0.2) is 20.8 Å². The topological polar surface area (TPSA) is 30.5 Å². The summed E-state index contributed by atoms with van der Waals surface area (Å²) in [5.41, 5.74) is 3.51. The van der Waals surface area contributed by atoms with E-state index in [1.165, 1.54) is 11.1 Å². The van der Waals surface area contributed by atoms with Crippen LogP contribution >= 0.6 is 11.6 Å². The Balaban J connectivity index is 1.90. The number of benzene rings is 2. The van der Waals surface area contributed by atoms with Crippen molar-refractivity contribution in [3.63, 3.8) is 0 Å². The van der Waals surface area contributed by atoms with Crippen LogP contribution in [-0.2, 0) is 13.0 Å². The van der Waals surface area contributed by atoms with Crippen LogP contribution in [0, 0.1) is 6.92 Å². The van der Waals surface area contributed by atoms with E-state index in [1.807, 2.05) is 30.3 Å². The predicted octanol–water partition coefficient (Wildman–Crippen LogP) is 4.00. The molecular formula is C18H22ClNO2. The zero-order valence-corrected chi connectivity index (χ0v) is 14.0. The summed E-state index contributed by atoms with van der Waals surface area (Å²) in [6, 6.07) is 12.0. The molecule has 0 heterocycles. The van der Waals surface area contributed by atoms with Crippen molar-refractivity contribution in [1.29, 1.82) is 0 Å². The third-order valence-electron chi connectivity index (χ3n) is 3.49. The molecule has 0 amide bonds. The van der Waals surface area contributed by atoms with Crippen LogP contribution in [0.25, 0.3) is 0 Å². The van der Waals surface area contributed by atoms with E-state index < -0.39 is 0 Å². The number of aryl methyl sites for hydroxylation is 1. The van der Waals surface area contributed by atoms with Gasteiger partial charge in [0.2, 0.25) is 0 Å². The maximum absolute atomic E-state index is 6.07. The minimum atomic E-state index is 0.784. The molecule has 3 nitrogen and oxygen atoms in total. The first-order valence-corrected chi connectivity index (χ1v) is 7.68. The molecule has 2 aromatic carbocycles. The molecule has 0 aliphatic heterocycles. The number of halogens is 1. The van der Waals surface area contributed by atoms with E-state index in [-0.39, 0.29) is 0 Å². The van der Waals surface area contributed by atoms with Crippen molar-refractivity contribution in [2.24, 2.45) is 0 Å². The van der Waals surface area contributed by atoms with Crippen molar-refractivity contribution in [2.45, 2.75) is 19.9 Å². The summed E-state index contributed by atoms with van der Waals surface area (Å²) in [6.07, 6.45) is 0.875. The van der Waals surface area contributed by atoms with Crippen LogP contribution in [0.15, 0.2) is 36.4 Å². The SMILES string of the molecule is COc1ccc(OC)c(CCNCc2cc(C)cc(Cl)c2)c1. The van der Waals surface area contributed by atoms with Gasteiger partial charge in [-0.2, -0.15) is 0 Å². The van der Waals surface area contributed by atoms with Gasteiger partial charge in [0.15, 0.2) is 0 Å². The molecule has 0 spiro atoms. The van der Waals surface area contributed by atoms with E-state index in [0.29, 0.717) is 0 Å². The van der Waals surface area contributed by atoms with Gasteiger partial charge in [-0.1, -0.05) is 17.7 Å². The van der Waals surface area contributed by atoms with E-state index >= 15 is 0 Å². The van der Waals surface area contributed by atoms with Crippen molar-refractivity contribution in [3.05, 3.63) is 58.1 Å². The zero-order chi connectivity index (χ0) is 15.9. The van der Waals surface area contributed by atoms with Gasteiger partial charge in [0.05, 0.1) is 14.2 Å². The highest BCUT2D eigenvalue weighted by molar-refractivity contribution is 6.30. The molecule has 4 heteroatoms. The Kier molecular flexibility index (Phi) is 6.10. The minimum absolute atomic E-state index is 0.784. The van der Waals surface area contributed by atoms with Crippen LogP contribution in [0.1, 0.15) is 16.7 Å². The summed E-state index contributed by atoms with van der Waals surface area (Å²) in [6.45, 7) is 3.71. The summed E-state index contributed by atoms with van der Waals surface area (Å²) >= 11 is 6.07. The molecule has 0 aliphatic rings. The summed E-state index contributed by atoms with van der Waals surface area (Å²) in [4.78, 5) is 0. The second-order valence-corrected chi connectivity index (χ2v) is 5.68. The lowest BCUT2D eigenvalue weighted by Crippen LogP contribution is -2.17. The van der Waals surface area contributed by atoms with Gasteiger partial charge in [-0.15, -0.1) is 0 Å². The third-order valence-corrected chi connectivity index (χ3v) is 3.71. The Hall–Kier alpha value is -1.71. The molecule has 0 aliphatic carbocycles. The van der Waals surface area contributed by atoms with E-state index in [9.17, 15) is 0 Å². The monoisotopic (exact) mass is 319 g/mol. The molecule has 0 radical (unpaired) electrons. The van der Waals surface area contributed by atoms with Crippen LogP contribution in [0.3, 0.4) is 0 Å². The normalized spacial score (nSPS) is 10.5. The van der Waals surface area contributed by atoms with Crippen LogP contribution in [0.5, 0.6) is 11.5 Å². The Morgan fingerprint density at radius 2 is 1.86 bits per heavy atom. The number of ether oxygens (including phenoxy) is 2. The van der Waals surface area contributed by atoms with E-state index in [2.05, 4.69) is 18.3 Å². The highest BCUT2D eigenvalue weighted by atomic mass is 35.5. The van der Waals surface area contributed by atoms with Crippen LogP contribution in [0.4, 0.5) is 0 Å². The van der Waals surface area contributed by atoms with Gasteiger partial charge in [0.1, 0.15) is 11.5 Å². The molecule has 0 atom stereocenters. The zero-order valence-electron chi connectivity index (χ0n) is 13.3. The molecule has 0 fully saturated rings. The predicted molar refractivity (Wildman–Crippen MR) is 91.1 cm³/mol. The van der Waals surface area contributed by atoms with E-state index in [4.69, 9.17) is 21.1 Å². The van der Waals surface area contributed by atoms with E-state index in [1.54, 1.807) is 14.2 Å². The largest absolute Gasteiger partial charge is 0.497 e. The Morgan fingerprint density at radius 3 is 2.55 bits per heavy atom. The third kappa shape index (κ3) is 4.65. The molecule has 0 bridgehead atoms. The lowest BCUT2D eigenvalue weighted by molar-refractivity contribution is 0.398. The molecule has 2 aromatic rings. The fourth-order valence-corrected chi connectivity index (χ4v) is 2.76. The van der Waals surface area contributed by atoms with Crippen LogP contribution in [0.2, 0.25) is 5.02 Å². The van der Waals surface area contributed by atoms with Gasteiger partial charge < -0.3 is 14.8 Å². The van der Waals surface area contributed by atoms with Gasteiger partial charge in [-0.25, -0.2) is 0 Å². The number of nitrogens with one attached hydrogen (secondary N) is 1. The summed E-state index contributed by atoms with van der Waals surface area (Å²) in [7, 11) is 3.36. The number of rotatable bonds is 7. The standard InChI is InChI=1S/C18H22ClNO2/c1-13-8-14(10-16(19)9-13)12-20-7-6-15-11-17(21-2)4-5-18(15)22-3/h4-5,8-11,20H,6-7,12H2,1-3H3. The molecule has 22 heavy (non-hydrogen) atoms. The van der Waals surface area contributed by atoms with E-state index in [0.717, 1.165) is 41.6 Å². The van der Waals surface area contributed by atoms with Gasteiger partial charge >= 0.3 is 0 Å². The smallest absolute Gasteiger partial charge is 0.122 e. The first-order chi connectivity index (χ1) is 10.6. The van der Waals surface area contributed by atoms with Crippen molar-refractivity contribution in [2.75, 3.05) is 20.8 Å². The van der Waals surface area contributed by atoms with Crippen molar-refractivity contribution in [1.82, 2.24) is 5.32 Å². The molecule has 0 saturated heterocycles. The average Bonchev–Trinajstić information content (AvgIpc) is 2.50. The highest BCUT2D eigenvalue weighted by Gasteiger charge is 2.05. The second-order valence-electron chi connectivity index (χ2n) is 5.24. The summed E-state index contributed by atoms with van der Waals surface area (Å²) < 4.78 is 10.7. The molecule has 0 saturated carbocycles. The summed E-state index contributed by atoms with van der Waals surface area (Å²) in [5.74, 6) is 1.74. The van der Waals surface area contributed by atoms with Gasteiger partial charge in [-0.05, 0) is 66.9 Å². The molecule has 0 unspecified atom stereocenters. The highest BCUT2D eigenvalue weighted by Crippen LogP contribution is 2.24. The van der Waals surface area contributed by atoms with Gasteiger partial charge in [-0.3, -0.25) is 0 Å². The second kappa shape index (κ2) is 8.06. The van der Waals surface area contributed by atoms with Gasteiger partial charge in [0, 0.05) is 11.6 Å². The molecule has 0 aromatic heterocycles. The maximum atomic E-state index is 6.07. The lowest BCUT2D eigenvalue weighted by atomic mass is 10.1. The minimum Gasteiger partial charge on any atom is -0.497 e. The molecular weight excluding hydrogens is 298 g/mol. The Bertz CT molecular complexity index is 608. The average molecular weight is 320 g/mol. The number of methoxy groups -OCH3 is 2. The first-order valence-electron chi connectivity index (χ1n) is 7.30. The molecule has 2 rings (SSSR count). The quantitative estimate of drug-likeness (QED) is 0.783. The van der Waals surface area contributed by atoms with Crippen LogP contribution < -0.4 is 14.8 Å². The summed E-state index contributed by atoms with van der Waals surface area (Å²) in [5, 5.41) is 4.22. The Morgan fingerprint density at radius 1 is 1.05 bits per heavy atom. The molecule has 1 N–H and O–H groups in total. The van der Waals surface area contributed by atoms with Crippen molar-refractivity contribution >= 4 is 11.6 Å². The van der Waals surface area contributed by atoms with Crippen molar-refractivity contribution < 1.29 is 9.47 Å². The fraction of sp³-hybridized carbons (Fsp3) is 0.333. The number of hydrogen-bond acceptors (Lipinski definition) is 3. The number of hydrogen-bond donors (Lipinski definition) is 1. The molecule has 118 valence electrons. The first kappa shape index (κ1) is 16.7. The lowest BCUT2D eigenvalue weighted by Gasteiger charge is -2.11. The maximum Gasteiger partial charge on any atom is 0.122 e. The Labute approximate surface area is 137 Å². The van der Waals surface area contributed by atoms with Crippen molar-refractivity contribution in [3.8, 4) is 11.5 Å². The van der Waals surface area contributed by atoms with Gasteiger partial charge in [0.25, 0.3) is 0 Å².